The third kappa shape index (κ3) is 4.10. The van der Waals surface area contributed by atoms with E-state index in [0.717, 1.165) is 27.0 Å². The van der Waals surface area contributed by atoms with Crippen molar-refractivity contribution in [3.05, 3.63) is 41.7 Å². The molecule has 0 aliphatic heterocycles. The standard InChI is InChI=1S/C20H22ClN3OS/c1-13(14-5-3-2-4-6-14)23-20-24-17-8-7-15(11-18(17)26-20)25-16-9-10-22-19(21)12-16/h7-14H,2-6H2,1H3,(H,23,24). The molecule has 0 amide bonds. The molecule has 1 saturated carbocycles. The van der Waals surface area contributed by atoms with Crippen molar-refractivity contribution in [3.63, 3.8) is 0 Å². The highest BCUT2D eigenvalue weighted by Crippen LogP contribution is 2.33. The van der Waals surface area contributed by atoms with Gasteiger partial charge < -0.3 is 10.1 Å². The van der Waals surface area contributed by atoms with Crippen LogP contribution in [-0.2, 0) is 0 Å². The minimum Gasteiger partial charge on any atom is -0.457 e. The van der Waals surface area contributed by atoms with Crippen LogP contribution in [0.15, 0.2) is 36.5 Å². The zero-order valence-corrected chi connectivity index (χ0v) is 16.3. The van der Waals surface area contributed by atoms with Crippen LogP contribution in [0.4, 0.5) is 5.13 Å². The van der Waals surface area contributed by atoms with Crippen LogP contribution in [0.1, 0.15) is 39.0 Å². The Morgan fingerprint density at radius 2 is 1.96 bits per heavy atom. The van der Waals surface area contributed by atoms with Crippen LogP contribution in [0.3, 0.4) is 0 Å². The molecule has 6 heteroatoms. The monoisotopic (exact) mass is 387 g/mol. The van der Waals surface area contributed by atoms with E-state index < -0.39 is 0 Å². The summed E-state index contributed by atoms with van der Waals surface area (Å²) in [6, 6.07) is 9.92. The van der Waals surface area contributed by atoms with Crippen molar-refractivity contribution in [2.75, 3.05) is 5.32 Å². The molecule has 1 fully saturated rings. The fourth-order valence-corrected chi connectivity index (χ4v) is 4.72. The largest absolute Gasteiger partial charge is 0.457 e. The van der Waals surface area contributed by atoms with Crippen molar-refractivity contribution in [3.8, 4) is 11.5 Å². The highest BCUT2D eigenvalue weighted by molar-refractivity contribution is 7.22. The summed E-state index contributed by atoms with van der Waals surface area (Å²) < 4.78 is 7.00. The Labute approximate surface area is 162 Å². The van der Waals surface area contributed by atoms with E-state index in [4.69, 9.17) is 21.3 Å². The van der Waals surface area contributed by atoms with Crippen LogP contribution in [0.25, 0.3) is 10.2 Å². The van der Waals surface area contributed by atoms with E-state index in [1.54, 1.807) is 29.7 Å². The number of aromatic nitrogens is 2. The molecule has 26 heavy (non-hydrogen) atoms. The summed E-state index contributed by atoms with van der Waals surface area (Å²) in [5.41, 5.74) is 0.994. The number of halogens is 1. The van der Waals surface area contributed by atoms with E-state index in [0.29, 0.717) is 16.9 Å². The Hall–Kier alpha value is -1.85. The SMILES string of the molecule is CC(Nc1nc2ccc(Oc3ccnc(Cl)c3)cc2s1)C1CCCCC1. The molecule has 4 nitrogen and oxygen atoms in total. The molecule has 1 aromatic carbocycles. The predicted molar refractivity (Wildman–Crippen MR) is 109 cm³/mol. The van der Waals surface area contributed by atoms with Gasteiger partial charge in [-0.1, -0.05) is 42.2 Å². The van der Waals surface area contributed by atoms with Gasteiger partial charge in [0.05, 0.1) is 10.2 Å². The zero-order chi connectivity index (χ0) is 17.9. The van der Waals surface area contributed by atoms with E-state index >= 15 is 0 Å². The lowest BCUT2D eigenvalue weighted by Gasteiger charge is -2.28. The number of rotatable bonds is 5. The molecule has 136 valence electrons. The number of anilines is 1. The van der Waals surface area contributed by atoms with Crippen LogP contribution in [0.5, 0.6) is 11.5 Å². The second-order valence-corrected chi connectivity index (χ2v) is 8.31. The van der Waals surface area contributed by atoms with E-state index in [9.17, 15) is 0 Å². The molecule has 0 bridgehead atoms. The van der Waals surface area contributed by atoms with Gasteiger partial charge in [0.25, 0.3) is 0 Å². The van der Waals surface area contributed by atoms with Gasteiger partial charge in [-0.2, -0.15) is 0 Å². The molecule has 2 heterocycles. The number of pyridine rings is 1. The molecular formula is C20H22ClN3OS. The predicted octanol–water partition coefficient (Wildman–Crippen LogP) is 6.52. The summed E-state index contributed by atoms with van der Waals surface area (Å²) in [5, 5.41) is 5.03. The Kier molecular flexibility index (Phi) is 5.27. The highest BCUT2D eigenvalue weighted by Gasteiger charge is 2.20. The Morgan fingerprint density at radius 3 is 2.77 bits per heavy atom. The number of hydrogen-bond acceptors (Lipinski definition) is 5. The Balaban J connectivity index is 1.48. The number of benzene rings is 1. The van der Waals surface area contributed by atoms with Crippen LogP contribution >= 0.6 is 22.9 Å². The number of hydrogen-bond donors (Lipinski definition) is 1. The second kappa shape index (κ2) is 7.80. The molecule has 0 spiro atoms. The van der Waals surface area contributed by atoms with Gasteiger partial charge >= 0.3 is 0 Å². The molecule has 1 atom stereocenters. The molecule has 3 aromatic rings. The Morgan fingerprint density at radius 1 is 1.15 bits per heavy atom. The minimum atomic E-state index is 0.421. The lowest BCUT2D eigenvalue weighted by atomic mass is 9.85. The average molecular weight is 388 g/mol. The van der Waals surface area contributed by atoms with E-state index in [-0.39, 0.29) is 0 Å². The molecule has 1 N–H and O–H groups in total. The number of nitrogens with zero attached hydrogens (tertiary/aromatic N) is 2. The summed E-state index contributed by atoms with van der Waals surface area (Å²) in [5.74, 6) is 2.21. The third-order valence-electron chi connectivity index (χ3n) is 5.00. The zero-order valence-electron chi connectivity index (χ0n) is 14.7. The molecule has 0 radical (unpaired) electrons. The van der Waals surface area contributed by atoms with Gasteiger partial charge in [0.1, 0.15) is 16.7 Å². The molecule has 1 unspecified atom stereocenters. The Bertz CT molecular complexity index is 892. The summed E-state index contributed by atoms with van der Waals surface area (Å²) in [6.07, 6.45) is 8.39. The van der Waals surface area contributed by atoms with Crippen molar-refractivity contribution >= 4 is 38.3 Å². The maximum Gasteiger partial charge on any atom is 0.184 e. The van der Waals surface area contributed by atoms with Gasteiger partial charge in [0, 0.05) is 24.4 Å². The quantitative estimate of drug-likeness (QED) is 0.506. The van der Waals surface area contributed by atoms with Gasteiger partial charge in [-0.15, -0.1) is 0 Å². The number of fused-ring (bicyclic) bond motifs is 1. The first kappa shape index (κ1) is 17.6. The normalized spacial score (nSPS) is 16.5. The van der Waals surface area contributed by atoms with Gasteiger partial charge in [-0.3, -0.25) is 0 Å². The number of thiazole rings is 1. The van der Waals surface area contributed by atoms with Crippen LogP contribution in [0.2, 0.25) is 5.15 Å². The lowest BCUT2D eigenvalue weighted by molar-refractivity contribution is 0.328. The fourth-order valence-electron chi connectivity index (χ4n) is 3.56. The maximum absolute atomic E-state index is 5.91. The molecule has 1 aliphatic carbocycles. The summed E-state index contributed by atoms with van der Waals surface area (Å²) in [7, 11) is 0. The fraction of sp³-hybridized carbons (Fsp3) is 0.400. The van der Waals surface area contributed by atoms with Crippen molar-refractivity contribution in [1.82, 2.24) is 9.97 Å². The van der Waals surface area contributed by atoms with Gasteiger partial charge in [0.2, 0.25) is 0 Å². The molecule has 2 aromatic heterocycles. The van der Waals surface area contributed by atoms with E-state index in [1.807, 2.05) is 18.2 Å². The maximum atomic E-state index is 5.91. The third-order valence-corrected chi connectivity index (χ3v) is 6.16. The smallest absolute Gasteiger partial charge is 0.184 e. The highest BCUT2D eigenvalue weighted by atomic mass is 35.5. The first-order valence-corrected chi connectivity index (χ1v) is 10.3. The second-order valence-electron chi connectivity index (χ2n) is 6.90. The summed E-state index contributed by atoms with van der Waals surface area (Å²) in [4.78, 5) is 8.70. The topological polar surface area (TPSA) is 47.0 Å². The van der Waals surface area contributed by atoms with Crippen LogP contribution in [-0.4, -0.2) is 16.0 Å². The number of ether oxygens (including phenoxy) is 1. The van der Waals surface area contributed by atoms with Crippen molar-refractivity contribution in [2.45, 2.75) is 45.1 Å². The van der Waals surface area contributed by atoms with Crippen LogP contribution in [0, 0.1) is 5.92 Å². The summed E-state index contributed by atoms with van der Waals surface area (Å²) >= 11 is 7.59. The summed E-state index contributed by atoms with van der Waals surface area (Å²) in [6.45, 7) is 2.28. The average Bonchev–Trinajstić information content (AvgIpc) is 3.04. The molecule has 1 aliphatic rings. The molecular weight excluding hydrogens is 366 g/mol. The van der Waals surface area contributed by atoms with Crippen molar-refractivity contribution in [1.29, 1.82) is 0 Å². The van der Waals surface area contributed by atoms with E-state index in [2.05, 4.69) is 17.2 Å². The van der Waals surface area contributed by atoms with Crippen LogP contribution < -0.4 is 10.1 Å². The molecule has 0 saturated heterocycles. The van der Waals surface area contributed by atoms with Gasteiger partial charge in [-0.25, -0.2) is 9.97 Å². The van der Waals surface area contributed by atoms with Crippen molar-refractivity contribution in [2.24, 2.45) is 5.92 Å². The minimum absolute atomic E-state index is 0.421. The van der Waals surface area contributed by atoms with Gasteiger partial charge in [-0.05, 0) is 43.9 Å². The lowest BCUT2D eigenvalue weighted by Crippen LogP contribution is -2.27. The van der Waals surface area contributed by atoms with E-state index in [1.165, 1.54) is 32.1 Å². The first-order valence-electron chi connectivity index (χ1n) is 9.14. The van der Waals surface area contributed by atoms with Crippen molar-refractivity contribution < 1.29 is 4.74 Å². The van der Waals surface area contributed by atoms with Gasteiger partial charge in [0.15, 0.2) is 5.13 Å². The first-order chi connectivity index (χ1) is 12.7. The molecule has 4 rings (SSSR count). The number of nitrogens with one attached hydrogen (secondary N) is 1.